The van der Waals surface area contributed by atoms with Crippen molar-refractivity contribution in [3.8, 4) is 0 Å². The van der Waals surface area contributed by atoms with E-state index in [1.807, 2.05) is 13.0 Å². The molecule has 3 nitrogen and oxygen atoms in total. The molecule has 2 aromatic heterocycles. The van der Waals surface area contributed by atoms with Crippen molar-refractivity contribution in [3.05, 3.63) is 56.8 Å². The van der Waals surface area contributed by atoms with Gasteiger partial charge in [0.05, 0.1) is 11.6 Å². The zero-order chi connectivity index (χ0) is 18.4. The van der Waals surface area contributed by atoms with Crippen LogP contribution in [-0.2, 0) is 6.42 Å². The average molecular weight is 391 g/mol. The van der Waals surface area contributed by atoms with E-state index in [9.17, 15) is 18.7 Å². The van der Waals surface area contributed by atoms with Crippen LogP contribution in [0.2, 0.25) is 0 Å². The minimum absolute atomic E-state index is 0.0317. The monoisotopic (exact) mass is 391 g/mol. The van der Waals surface area contributed by atoms with E-state index >= 15 is 0 Å². The molecule has 0 radical (unpaired) electrons. The molecule has 0 saturated heterocycles. The van der Waals surface area contributed by atoms with Crippen LogP contribution in [0.4, 0.5) is 8.78 Å². The van der Waals surface area contributed by atoms with E-state index in [1.165, 1.54) is 29.5 Å². The molecule has 3 aromatic rings. The molecule has 4 rings (SSSR count). The summed E-state index contributed by atoms with van der Waals surface area (Å²) in [5.74, 6) is -2.07. The predicted molar refractivity (Wildman–Crippen MR) is 101 cm³/mol. The second-order valence-corrected chi connectivity index (χ2v) is 8.27. The van der Waals surface area contributed by atoms with Gasteiger partial charge < -0.3 is 5.11 Å². The maximum absolute atomic E-state index is 14.0. The van der Waals surface area contributed by atoms with Crippen LogP contribution in [0.5, 0.6) is 0 Å². The molecule has 7 heteroatoms. The minimum atomic E-state index is -0.895. The lowest BCUT2D eigenvalue weighted by Gasteiger charge is -2.04. The highest BCUT2D eigenvalue weighted by Gasteiger charge is 2.27. The summed E-state index contributed by atoms with van der Waals surface area (Å²) in [6.45, 7) is 1.94. The van der Waals surface area contributed by atoms with Crippen molar-refractivity contribution >= 4 is 43.8 Å². The predicted octanol–water partition coefficient (Wildman–Crippen LogP) is 5.83. The molecule has 0 saturated carbocycles. The van der Waals surface area contributed by atoms with Crippen molar-refractivity contribution in [1.82, 2.24) is 0 Å². The maximum atomic E-state index is 14.0. The number of fused-ring (bicyclic) bond motifs is 1. The van der Waals surface area contributed by atoms with Gasteiger partial charge in [-0.1, -0.05) is 13.0 Å². The van der Waals surface area contributed by atoms with Crippen molar-refractivity contribution in [2.75, 3.05) is 0 Å². The first kappa shape index (κ1) is 17.3. The highest BCUT2D eigenvalue weighted by molar-refractivity contribution is 7.29. The third kappa shape index (κ3) is 2.75. The number of carbonyl (C=O) groups is 1. The Bertz CT molecular complexity index is 1030. The highest BCUT2D eigenvalue weighted by Crippen LogP contribution is 2.43. The van der Waals surface area contributed by atoms with Gasteiger partial charge in [-0.05, 0) is 43.0 Å². The van der Waals surface area contributed by atoms with Crippen LogP contribution in [0.3, 0.4) is 0 Å². The summed E-state index contributed by atoms with van der Waals surface area (Å²) in [5, 5.41) is 9.33. The second kappa shape index (κ2) is 6.55. The fourth-order valence-corrected chi connectivity index (χ4v) is 6.09. The number of thiophene rings is 2. The van der Waals surface area contributed by atoms with Crippen LogP contribution in [0, 0.1) is 11.6 Å². The van der Waals surface area contributed by atoms with Crippen LogP contribution in [0.15, 0.2) is 29.3 Å². The van der Waals surface area contributed by atoms with Crippen LogP contribution in [-0.4, -0.2) is 16.8 Å². The number of carboxylic acids is 1. The normalized spacial score (nSPS) is 17.0. The van der Waals surface area contributed by atoms with Gasteiger partial charge in [0, 0.05) is 20.0 Å². The molecule has 0 spiro atoms. The lowest BCUT2D eigenvalue weighted by molar-refractivity contribution is 0.0701. The molecule has 0 amide bonds. The number of aryl methyl sites for hydroxylation is 1. The zero-order valence-corrected chi connectivity index (χ0v) is 15.5. The minimum Gasteiger partial charge on any atom is -0.477 e. The first-order chi connectivity index (χ1) is 12.5. The van der Waals surface area contributed by atoms with Gasteiger partial charge in [0.1, 0.15) is 16.5 Å². The van der Waals surface area contributed by atoms with Crippen molar-refractivity contribution in [1.29, 1.82) is 0 Å². The molecule has 1 aliphatic rings. The number of aliphatic imine (C=N–C) groups is 1. The van der Waals surface area contributed by atoms with Crippen molar-refractivity contribution in [2.24, 2.45) is 4.99 Å². The quantitative estimate of drug-likeness (QED) is 0.609. The van der Waals surface area contributed by atoms with E-state index in [2.05, 4.69) is 4.99 Å². The SMILES string of the molecule is CCc1c(C(=O)O)sc2cc(C3CCC(c4c(F)cccc4F)=N3)sc12. The van der Waals surface area contributed by atoms with Gasteiger partial charge in [-0.25, -0.2) is 13.6 Å². The van der Waals surface area contributed by atoms with E-state index in [0.29, 0.717) is 29.9 Å². The van der Waals surface area contributed by atoms with Crippen molar-refractivity contribution < 1.29 is 18.7 Å². The fraction of sp³-hybridized carbons (Fsp3) is 0.263. The number of halogens is 2. The summed E-state index contributed by atoms with van der Waals surface area (Å²) in [4.78, 5) is 17.4. The molecular weight excluding hydrogens is 376 g/mol. The van der Waals surface area contributed by atoms with E-state index in [1.54, 1.807) is 11.3 Å². The first-order valence-corrected chi connectivity index (χ1v) is 9.92. The van der Waals surface area contributed by atoms with Crippen LogP contribution in [0.1, 0.15) is 51.5 Å². The molecule has 1 unspecified atom stereocenters. The van der Waals surface area contributed by atoms with Gasteiger partial charge in [-0.3, -0.25) is 4.99 Å². The number of hydrogen-bond acceptors (Lipinski definition) is 4. The van der Waals surface area contributed by atoms with Crippen LogP contribution in [0.25, 0.3) is 9.40 Å². The summed E-state index contributed by atoms with van der Waals surface area (Å²) in [6, 6.07) is 5.69. The zero-order valence-electron chi connectivity index (χ0n) is 13.9. The first-order valence-electron chi connectivity index (χ1n) is 8.29. The second-order valence-electron chi connectivity index (χ2n) is 6.14. The maximum Gasteiger partial charge on any atom is 0.346 e. The molecule has 134 valence electrons. The molecule has 0 aliphatic carbocycles. The Hall–Kier alpha value is -2.12. The molecule has 1 N–H and O–H groups in total. The summed E-state index contributed by atoms with van der Waals surface area (Å²) in [6.07, 6.45) is 1.88. The number of aromatic carboxylic acids is 1. The van der Waals surface area contributed by atoms with Gasteiger partial charge in [-0.15, -0.1) is 22.7 Å². The Labute approximate surface area is 156 Å². The Balaban J connectivity index is 1.72. The lowest BCUT2D eigenvalue weighted by atomic mass is 10.1. The summed E-state index contributed by atoms with van der Waals surface area (Å²) < 4.78 is 29.9. The van der Waals surface area contributed by atoms with Gasteiger partial charge >= 0.3 is 5.97 Å². The Morgan fingerprint density at radius 1 is 1.31 bits per heavy atom. The largest absolute Gasteiger partial charge is 0.477 e. The number of carboxylic acid groups (broad SMARTS) is 1. The lowest BCUT2D eigenvalue weighted by Crippen LogP contribution is -2.03. The number of rotatable bonds is 4. The summed E-state index contributed by atoms with van der Waals surface area (Å²) in [5.41, 5.74) is 1.29. The van der Waals surface area contributed by atoms with Gasteiger partial charge in [0.25, 0.3) is 0 Å². The molecule has 0 fully saturated rings. The number of benzene rings is 1. The molecule has 1 aliphatic heterocycles. The highest BCUT2D eigenvalue weighted by atomic mass is 32.1. The molecular formula is C19H15F2NO2S2. The van der Waals surface area contributed by atoms with E-state index in [4.69, 9.17) is 0 Å². The van der Waals surface area contributed by atoms with E-state index < -0.39 is 17.6 Å². The molecule has 3 heterocycles. The fourth-order valence-electron chi connectivity index (χ4n) is 3.37. The van der Waals surface area contributed by atoms with Gasteiger partial charge in [0.2, 0.25) is 0 Å². The smallest absolute Gasteiger partial charge is 0.346 e. The van der Waals surface area contributed by atoms with E-state index in [-0.39, 0.29) is 11.6 Å². The summed E-state index contributed by atoms with van der Waals surface area (Å²) >= 11 is 2.82. The third-order valence-electron chi connectivity index (χ3n) is 4.57. The Kier molecular flexibility index (Phi) is 4.36. The van der Waals surface area contributed by atoms with Crippen LogP contribution >= 0.6 is 22.7 Å². The standard InChI is InChI=1S/C19H15F2NO2S2/c1-2-9-17-15(26-18(9)19(23)24)8-14(25-17)12-6-7-13(22-12)16-10(20)4-3-5-11(16)21/h3-5,8,12H,2,6-7H2,1H3,(H,23,24). The average Bonchev–Trinajstić information content (AvgIpc) is 3.27. The molecule has 1 atom stereocenters. The van der Waals surface area contributed by atoms with Gasteiger partial charge in [-0.2, -0.15) is 0 Å². The van der Waals surface area contributed by atoms with E-state index in [0.717, 1.165) is 19.8 Å². The Morgan fingerprint density at radius 3 is 2.69 bits per heavy atom. The third-order valence-corrected chi connectivity index (χ3v) is 7.16. The summed E-state index contributed by atoms with van der Waals surface area (Å²) in [7, 11) is 0. The number of nitrogens with zero attached hydrogens (tertiary/aromatic N) is 1. The van der Waals surface area contributed by atoms with Crippen molar-refractivity contribution in [2.45, 2.75) is 32.2 Å². The van der Waals surface area contributed by atoms with Crippen molar-refractivity contribution in [3.63, 3.8) is 0 Å². The molecule has 26 heavy (non-hydrogen) atoms. The van der Waals surface area contributed by atoms with Gasteiger partial charge in [0.15, 0.2) is 0 Å². The topological polar surface area (TPSA) is 49.7 Å². The molecule has 0 bridgehead atoms. The van der Waals surface area contributed by atoms with Crippen LogP contribution < -0.4 is 0 Å². The molecule has 1 aromatic carbocycles. The number of hydrogen-bond donors (Lipinski definition) is 1. The Morgan fingerprint density at radius 2 is 2.04 bits per heavy atom.